The van der Waals surface area contributed by atoms with Crippen molar-refractivity contribution in [2.24, 2.45) is 0 Å². The van der Waals surface area contributed by atoms with Gasteiger partial charge >= 0.3 is 5.97 Å². The number of aliphatic hydroxyl groups excluding tert-OH is 1. The summed E-state index contributed by atoms with van der Waals surface area (Å²) in [5.74, 6) is -0.280. The lowest BCUT2D eigenvalue weighted by molar-refractivity contribution is -0.154. The number of anilines is 1. The second kappa shape index (κ2) is 6.35. The van der Waals surface area contributed by atoms with Crippen molar-refractivity contribution in [2.45, 2.75) is 31.5 Å². The summed E-state index contributed by atoms with van der Waals surface area (Å²) in [5, 5.41) is 9.46. The van der Waals surface area contributed by atoms with Gasteiger partial charge < -0.3 is 20.3 Å². The Morgan fingerprint density at radius 3 is 2.91 bits per heavy atom. The second-order valence-electron chi connectivity index (χ2n) is 4.96. The summed E-state index contributed by atoms with van der Waals surface area (Å²) in [6.07, 6.45) is -0.225. The van der Waals surface area contributed by atoms with E-state index in [2.05, 4.69) is 31.2 Å². The predicted molar refractivity (Wildman–Crippen MR) is 80.1 cm³/mol. The number of ether oxygens (including phenoxy) is 2. The van der Waals surface area contributed by atoms with Crippen LogP contribution in [-0.4, -0.2) is 55.5 Å². The Kier molecular flexibility index (Phi) is 4.43. The number of esters is 1. The molecule has 2 unspecified atom stereocenters. The van der Waals surface area contributed by atoms with E-state index in [0.717, 1.165) is 0 Å². The first kappa shape index (κ1) is 16.1. The van der Waals surface area contributed by atoms with E-state index in [9.17, 15) is 9.90 Å². The molecule has 0 radical (unpaired) electrons. The second-order valence-corrected chi connectivity index (χ2v) is 5.33. The highest BCUT2D eigenvalue weighted by molar-refractivity contribution is 9.06. The lowest BCUT2D eigenvalue weighted by Gasteiger charge is -2.22. The van der Waals surface area contributed by atoms with Crippen LogP contribution in [-0.2, 0) is 18.1 Å². The third-order valence-electron chi connectivity index (χ3n) is 3.53. The van der Waals surface area contributed by atoms with Gasteiger partial charge in [-0.1, -0.05) is 0 Å². The van der Waals surface area contributed by atoms with E-state index in [-0.39, 0.29) is 12.4 Å². The Morgan fingerprint density at radius 1 is 1.48 bits per heavy atom. The van der Waals surface area contributed by atoms with E-state index in [4.69, 9.17) is 19.0 Å². The van der Waals surface area contributed by atoms with Gasteiger partial charge in [0.25, 0.3) is 0 Å². The molecule has 10 nitrogen and oxygen atoms in total. The van der Waals surface area contributed by atoms with Crippen molar-refractivity contribution in [3.8, 4) is 0 Å². The van der Waals surface area contributed by atoms with Crippen LogP contribution in [0.2, 0.25) is 0 Å². The van der Waals surface area contributed by atoms with E-state index >= 15 is 0 Å². The number of rotatable bonds is 4. The smallest absolute Gasteiger partial charge is 0.303 e. The lowest BCUT2D eigenvalue weighted by Crippen LogP contribution is -2.37. The number of nitrogen functional groups attached to an aromatic ring is 1. The van der Waals surface area contributed by atoms with Gasteiger partial charge in [0.1, 0.15) is 24.1 Å². The molecule has 3 N–H and O–H groups in total. The molecule has 0 bridgehead atoms. The Bertz CT molecular complexity index is 725. The molecular weight excluding hydrogens is 374 g/mol. The number of aliphatic hydroxyl groups is 1. The summed E-state index contributed by atoms with van der Waals surface area (Å²) >= 11 is 2.89. The van der Waals surface area contributed by atoms with Crippen LogP contribution in [0.25, 0.3) is 11.2 Å². The number of nitrogens with two attached hydrogens (primary N) is 1. The van der Waals surface area contributed by atoms with E-state index in [0.29, 0.717) is 11.2 Å². The fourth-order valence-corrected chi connectivity index (χ4v) is 3.01. The summed E-state index contributed by atoms with van der Waals surface area (Å²) in [7, 11) is 0. The number of carbonyl (C=O) groups excluding carboxylic acids is 1. The number of nitrogens with zero attached hydrogens (tertiary/aromatic N) is 4. The minimum atomic E-state index is -0.808. The first-order valence-corrected chi connectivity index (χ1v) is 7.35. The van der Waals surface area contributed by atoms with Crippen LogP contribution in [0.15, 0.2) is 12.7 Å². The van der Waals surface area contributed by atoms with Gasteiger partial charge in [-0.05, 0) is 0 Å². The van der Waals surface area contributed by atoms with Crippen molar-refractivity contribution >= 4 is 39.2 Å². The molecule has 1 aliphatic rings. The van der Waals surface area contributed by atoms with Crippen molar-refractivity contribution in [1.29, 1.82) is 0 Å². The number of aromatic nitrogens is 4. The van der Waals surface area contributed by atoms with E-state index in [1.165, 1.54) is 19.6 Å². The molecule has 1 saturated heterocycles. The molecule has 1 fully saturated rings. The standard InChI is InChI=1S/C12H14BrN5O5/c1-5(20)21-9-8(23-13)6(2-19)22-12(9)18-4-17-7-10(14)15-3-16-11(7)18/h3-4,6,8-9,12,19H,2H2,1H3,(H2,14,15,16)/t6-,8?,9?,12-/m1/s1. The van der Waals surface area contributed by atoms with Gasteiger partial charge in [-0.3, -0.25) is 13.2 Å². The van der Waals surface area contributed by atoms with E-state index in [1.807, 2.05) is 0 Å². The number of halogens is 1. The zero-order valence-corrected chi connectivity index (χ0v) is 13.6. The van der Waals surface area contributed by atoms with Gasteiger partial charge in [0, 0.05) is 6.92 Å². The fraction of sp³-hybridized carbons (Fsp3) is 0.500. The Morgan fingerprint density at radius 2 is 2.26 bits per heavy atom. The maximum atomic E-state index is 11.4. The minimum absolute atomic E-state index is 0.225. The molecule has 2 aromatic heterocycles. The summed E-state index contributed by atoms with van der Waals surface area (Å²) in [5.41, 5.74) is 6.59. The monoisotopic (exact) mass is 387 g/mol. The lowest BCUT2D eigenvalue weighted by atomic mass is 10.1. The van der Waals surface area contributed by atoms with Crippen LogP contribution in [0.3, 0.4) is 0 Å². The average molecular weight is 388 g/mol. The van der Waals surface area contributed by atoms with Gasteiger partial charge in [-0.15, -0.1) is 0 Å². The van der Waals surface area contributed by atoms with Gasteiger partial charge in [-0.2, -0.15) is 0 Å². The minimum Gasteiger partial charge on any atom is -0.455 e. The molecule has 11 heteroatoms. The summed E-state index contributed by atoms with van der Waals surface area (Å²) in [6, 6.07) is 0. The van der Waals surface area contributed by atoms with Gasteiger partial charge in [0.2, 0.25) is 0 Å². The van der Waals surface area contributed by atoms with Crippen LogP contribution in [0, 0.1) is 0 Å². The topological polar surface area (TPSA) is 135 Å². The van der Waals surface area contributed by atoms with Gasteiger partial charge in [-0.25, -0.2) is 15.0 Å². The number of fused-ring (bicyclic) bond motifs is 1. The highest BCUT2D eigenvalue weighted by Crippen LogP contribution is 2.36. The number of hydrogen-bond acceptors (Lipinski definition) is 9. The molecule has 0 spiro atoms. The molecule has 124 valence electrons. The van der Waals surface area contributed by atoms with Crippen molar-refractivity contribution in [3.05, 3.63) is 12.7 Å². The zero-order chi connectivity index (χ0) is 16.6. The van der Waals surface area contributed by atoms with Crippen LogP contribution in [0.1, 0.15) is 13.2 Å². The van der Waals surface area contributed by atoms with Crippen LogP contribution >= 0.6 is 16.3 Å². The Balaban J connectivity index is 2.04. The SMILES string of the molecule is CC(=O)OC1C(OBr)[C@@H](CO)O[C@H]1n1cnc2c(N)ncnc21. The number of hydrogen-bond donors (Lipinski definition) is 2. The quantitative estimate of drug-likeness (QED) is 0.690. The fourth-order valence-electron chi connectivity index (χ4n) is 2.56. The zero-order valence-electron chi connectivity index (χ0n) is 12.0. The molecule has 4 atom stereocenters. The number of carbonyl (C=O) groups is 1. The van der Waals surface area contributed by atoms with E-state index < -0.39 is 30.5 Å². The van der Waals surface area contributed by atoms with Crippen LogP contribution < -0.4 is 5.73 Å². The number of imidazole rings is 1. The molecule has 0 aliphatic carbocycles. The molecule has 0 amide bonds. The van der Waals surface area contributed by atoms with Crippen LogP contribution in [0.5, 0.6) is 0 Å². The van der Waals surface area contributed by atoms with Crippen molar-refractivity contribution in [3.63, 3.8) is 0 Å². The van der Waals surface area contributed by atoms with E-state index in [1.54, 1.807) is 4.57 Å². The molecule has 3 heterocycles. The molecule has 3 rings (SSSR count). The highest BCUT2D eigenvalue weighted by Gasteiger charge is 2.49. The molecule has 1 aliphatic heterocycles. The summed E-state index contributed by atoms with van der Waals surface area (Å²) in [4.78, 5) is 23.6. The largest absolute Gasteiger partial charge is 0.455 e. The van der Waals surface area contributed by atoms with Crippen molar-refractivity contribution in [1.82, 2.24) is 19.5 Å². The molecule has 0 saturated carbocycles. The van der Waals surface area contributed by atoms with Gasteiger partial charge in [0.15, 0.2) is 23.8 Å². The molecular formula is C12H14BrN5O5. The Labute approximate surface area is 139 Å². The average Bonchev–Trinajstić information content (AvgIpc) is 3.08. The highest BCUT2D eigenvalue weighted by atomic mass is 79.9. The third kappa shape index (κ3) is 2.76. The summed E-state index contributed by atoms with van der Waals surface area (Å²) < 4.78 is 17.8. The van der Waals surface area contributed by atoms with Crippen molar-refractivity contribution in [2.75, 3.05) is 12.3 Å². The maximum absolute atomic E-state index is 11.4. The Hall–Kier alpha value is -1.82. The first-order chi connectivity index (χ1) is 11.1. The molecule has 0 aromatic carbocycles. The van der Waals surface area contributed by atoms with Crippen molar-refractivity contribution < 1.29 is 23.2 Å². The maximum Gasteiger partial charge on any atom is 0.303 e. The predicted octanol–water partition coefficient (Wildman–Crippen LogP) is -0.0750. The first-order valence-electron chi connectivity index (χ1n) is 6.70. The normalized spacial score (nSPS) is 27.4. The molecule has 2 aromatic rings. The third-order valence-corrected chi connectivity index (χ3v) is 3.96. The summed E-state index contributed by atoms with van der Waals surface area (Å²) in [6.45, 7) is 0.967. The molecule has 23 heavy (non-hydrogen) atoms. The van der Waals surface area contributed by atoms with Gasteiger partial charge in [0.05, 0.1) is 29.2 Å². The van der Waals surface area contributed by atoms with Crippen LogP contribution in [0.4, 0.5) is 5.82 Å².